The number of benzene rings is 1. The van der Waals surface area contributed by atoms with E-state index in [1.165, 1.54) is 30.3 Å². The lowest BCUT2D eigenvalue weighted by molar-refractivity contribution is 0.310. The molecule has 2 heterocycles. The number of fused-ring (bicyclic) bond motifs is 1. The fourth-order valence-electron chi connectivity index (χ4n) is 3.17. The Morgan fingerprint density at radius 3 is 2.65 bits per heavy atom. The molecule has 1 aromatic heterocycles. The van der Waals surface area contributed by atoms with Gasteiger partial charge < -0.3 is 19.4 Å². The summed E-state index contributed by atoms with van der Waals surface area (Å²) in [5.74, 6) is 1.56. The molecule has 4 heteroatoms. The molecule has 1 aromatic carbocycles. The number of aromatic nitrogens is 1. The minimum atomic E-state index is 0.655. The van der Waals surface area contributed by atoms with Crippen molar-refractivity contribution in [2.45, 2.75) is 25.3 Å². The molecule has 0 spiro atoms. The zero-order valence-corrected chi connectivity index (χ0v) is 12.4. The van der Waals surface area contributed by atoms with Gasteiger partial charge in [-0.3, -0.25) is 0 Å². The lowest BCUT2D eigenvalue weighted by Crippen LogP contribution is -2.26. The highest BCUT2D eigenvalue weighted by molar-refractivity contribution is 5.86. The van der Waals surface area contributed by atoms with E-state index in [4.69, 9.17) is 9.47 Å². The van der Waals surface area contributed by atoms with Gasteiger partial charge in [-0.15, -0.1) is 0 Å². The SMILES string of the molecule is COc1cc2[nH]cc(CC3CCCN3C)c2cc1OC. The Hall–Kier alpha value is -1.68. The minimum Gasteiger partial charge on any atom is -0.493 e. The van der Waals surface area contributed by atoms with Crippen LogP contribution in [0.2, 0.25) is 0 Å². The van der Waals surface area contributed by atoms with E-state index >= 15 is 0 Å². The molecule has 0 radical (unpaired) electrons. The van der Waals surface area contributed by atoms with Crippen LogP contribution in [0.1, 0.15) is 18.4 Å². The lowest BCUT2D eigenvalue weighted by atomic mass is 10.0. The summed E-state index contributed by atoms with van der Waals surface area (Å²) in [5, 5.41) is 1.24. The quantitative estimate of drug-likeness (QED) is 0.931. The van der Waals surface area contributed by atoms with Gasteiger partial charge >= 0.3 is 0 Å². The number of aromatic amines is 1. The number of rotatable bonds is 4. The van der Waals surface area contributed by atoms with Crippen LogP contribution in [-0.4, -0.2) is 43.7 Å². The Balaban J connectivity index is 1.95. The van der Waals surface area contributed by atoms with E-state index < -0.39 is 0 Å². The smallest absolute Gasteiger partial charge is 0.162 e. The largest absolute Gasteiger partial charge is 0.493 e. The van der Waals surface area contributed by atoms with Crippen molar-refractivity contribution in [1.82, 2.24) is 9.88 Å². The Morgan fingerprint density at radius 1 is 1.25 bits per heavy atom. The molecule has 0 aliphatic carbocycles. The summed E-state index contributed by atoms with van der Waals surface area (Å²) in [6.07, 6.45) is 5.80. The highest BCUT2D eigenvalue weighted by Crippen LogP contribution is 2.34. The predicted octanol–water partition coefficient (Wildman–Crippen LogP) is 2.82. The van der Waals surface area contributed by atoms with Gasteiger partial charge in [-0.05, 0) is 44.5 Å². The minimum absolute atomic E-state index is 0.655. The maximum atomic E-state index is 5.41. The second-order valence-corrected chi connectivity index (χ2v) is 5.55. The van der Waals surface area contributed by atoms with Crippen LogP contribution < -0.4 is 9.47 Å². The van der Waals surface area contributed by atoms with Gasteiger partial charge in [0.05, 0.1) is 14.2 Å². The van der Waals surface area contributed by atoms with Gasteiger partial charge in [0.2, 0.25) is 0 Å². The van der Waals surface area contributed by atoms with Crippen molar-refractivity contribution in [3.8, 4) is 11.5 Å². The van der Waals surface area contributed by atoms with Crippen LogP contribution in [0.15, 0.2) is 18.3 Å². The van der Waals surface area contributed by atoms with Crippen molar-refractivity contribution < 1.29 is 9.47 Å². The number of H-pyrrole nitrogens is 1. The van der Waals surface area contributed by atoms with Crippen LogP contribution in [0, 0.1) is 0 Å². The molecule has 0 bridgehead atoms. The third-order valence-corrected chi connectivity index (χ3v) is 4.40. The normalized spacial score (nSPS) is 19.6. The van der Waals surface area contributed by atoms with Crippen LogP contribution in [-0.2, 0) is 6.42 Å². The number of hydrogen-bond donors (Lipinski definition) is 1. The predicted molar refractivity (Wildman–Crippen MR) is 80.8 cm³/mol. The highest BCUT2D eigenvalue weighted by Gasteiger charge is 2.22. The average Bonchev–Trinajstić information content (AvgIpc) is 3.05. The summed E-state index contributed by atoms with van der Waals surface area (Å²) >= 11 is 0. The second-order valence-electron chi connectivity index (χ2n) is 5.55. The van der Waals surface area contributed by atoms with Crippen molar-refractivity contribution >= 4 is 10.9 Å². The van der Waals surface area contributed by atoms with E-state index in [1.54, 1.807) is 14.2 Å². The van der Waals surface area contributed by atoms with E-state index in [2.05, 4.69) is 29.2 Å². The molecule has 1 saturated heterocycles. The van der Waals surface area contributed by atoms with Crippen molar-refractivity contribution in [1.29, 1.82) is 0 Å². The third kappa shape index (κ3) is 2.24. The van der Waals surface area contributed by atoms with Crippen molar-refractivity contribution in [3.05, 3.63) is 23.9 Å². The monoisotopic (exact) mass is 274 g/mol. The van der Waals surface area contributed by atoms with Gasteiger partial charge in [0.15, 0.2) is 11.5 Å². The highest BCUT2D eigenvalue weighted by atomic mass is 16.5. The molecule has 1 N–H and O–H groups in total. The average molecular weight is 274 g/mol. The fraction of sp³-hybridized carbons (Fsp3) is 0.500. The van der Waals surface area contributed by atoms with Gasteiger partial charge in [0.25, 0.3) is 0 Å². The van der Waals surface area contributed by atoms with Crippen LogP contribution >= 0.6 is 0 Å². The van der Waals surface area contributed by atoms with Gasteiger partial charge in [0, 0.05) is 29.2 Å². The second kappa shape index (κ2) is 5.37. The van der Waals surface area contributed by atoms with E-state index in [1.807, 2.05) is 6.07 Å². The van der Waals surface area contributed by atoms with E-state index in [0.717, 1.165) is 23.4 Å². The van der Waals surface area contributed by atoms with Gasteiger partial charge in [-0.2, -0.15) is 0 Å². The number of likely N-dealkylation sites (N-methyl/N-ethyl adjacent to an activating group) is 1. The maximum absolute atomic E-state index is 5.41. The Kier molecular flexibility index (Phi) is 3.57. The van der Waals surface area contributed by atoms with Crippen molar-refractivity contribution in [2.24, 2.45) is 0 Å². The van der Waals surface area contributed by atoms with E-state index in [-0.39, 0.29) is 0 Å². The van der Waals surface area contributed by atoms with Crippen molar-refractivity contribution in [2.75, 3.05) is 27.8 Å². The molecule has 2 aromatic rings. The first kappa shape index (κ1) is 13.3. The molecular weight excluding hydrogens is 252 g/mol. The van der Waals surface area contributed by atoms with E-state index in [9.17, 15) is 0 Å². The number of methoxy groups -OCH3 is 2. The van der Waals surface area contributed by atoms with Crippen molar-refractivity contribution in [3.63, 3.8) is 0 Å². The number of nitrogens with zero attached hydrogens (tertiary/aromatic N) is 1. The van der Waals surface area contributed by atoms with E-state index in [0.29, 0.717) is 6.04 Å². The van der Waals surface area contributed by atoms with Crippen LogP contribution in [0.25, 0.3) is 10.9 Å². The summed E-state index contributed by atoms with van der Waals surface area (Å²) in [4.78, 5) is 5.81. The Morgan fingerprint density at radius 2 is 2.00 bits per heavy atom. The molecule has 1 atom stereocenters. The number of hydrogen-bond acceptors (Lipinski definition) is 3. The molecule has 4 nitrogen and oxygen atoms in total. The summed E-state index contributed by atoms with van der Waals surface area (Å²) < 4.78 is 10.8. The molecule has 0 saturated carbocycles. The van der Waals surface area contributed by atoms with Gasteiger partial charge in [-0.25, -0.2) is 0 Å². The zero-order valence-electron chi connectivity index (χ0n) is 12.4. The molecule has 1 fully saturated rings. The van der Waals surface area contributed by atoms with Crippen LogP contribution in [0.5, 0.6) is 11.5 Å². The summed E-state index contributed by atoms with van der Waals surface area (Å²) in [6, 6.07) is 4.74. The lowest BCUT2D eigenvalue weighted by Gasteiger charge is -2.18. The van der Waals surface area contributed by atoms with Crippen LogP contribution in [0.3, 0.4) is 0 Å². The first-order chi connectivity index (χ1) is 9.72. The summed E-state index contributed by atoms with van der Waals surface area (Å²) in [6.45, 7) is 1.21. The molecule has 20 heavy (non-hydrogen) atoms. The number of likely N-dealkylation sites (tertiary alicyclic amines) is 1. The molecule has 108 valence electrons. The zero-order chi connectivity index (χ0) is 14.1. The maximum Gasteiger partial charge on any atom is 0.162 e. The summed E-state index contributed by atoms with van der Waals surface area (Å²) in [5.41, 5.74) is 2.47. The molecule has 1 aliphatic heterocycles. The van der Waals surface area contributed by atoms with Gasteiger partial charge in [0.1, 0.15) is 0 Å². The number of nitrogens with one attached hydrogen (secondary N) is 1. The fourth-order valence-corrected chi connectivity index (χ4v) is 3.17. The van der Waals surface area contributed by atoms with Gasteiger partial charge in [-0.1, -0.05) is 0 Å². The number of ether oxygens (including phenoxy) is 2. The molecule has 3 rings (SSSR count). The first-order valence-electron chi connectivity index (χ1n) is 7.15. The third-order valence-electron chi connectivity index (χ3n) is 4.40. The first-order valence-corrected chi connectivity index (χ1v) is 7.15. The molecule has 1 unspecified atom stereocenters. The molecule has 1 aliphatic rings. The standard InChI is InChI=1S/C16H22N2O2/c1-18-6-4-5-12(18)7-11-10-17-14-9-16(20-3)15(19-2)8-13(11)14/h8-10,12,17H,4-7H2,1-3H3. The Bertz CT molecular complexity index is 606. The Labute approximate surface area is 119 Å². The van der Waals surface area contributed by atoms with Crippen LogP contribution in [0.4, 0.5) is 0 Å². The topological polar surface area (TPSA) is 37.5 Å². The molecule has 0 amide bonds. The summed E-state index contributed by atoms with van der Waals surface area (Å²) in [7, 11) is 5.57. The molecular formula is C16H22N2O2.